The van der Waals surface area contributed by atoms with Crippen molar-refractivity contribution in [2.45, 2.75) is 13.8 Å². The Hall–Kier alpha value is -2.35. The van der Waals surface area contributed by atoms with Crippen molar-refractivity contribution >= 4 is 39.2 Å². The van der Waals surface area contributed by atoms with Crippen LogP contribution in [0.5, 0.6) is 5.75 Å². The van der Waals surface area contributed by atoms with Crippen LogP contribution >= 0.6 is 11.8 Å². The number of methoxy groups -OCH3 is 2. The lowest BCUT2D eigenvalue weighted by atomic mass is 10.1. The zero-order valence-electron chi connectivity index (χ0n) is 16.7. The minimum absolute atomic E-state index is 0.000749. The molecule has 0 radical (unpaired) electrons. The molecule has 1 amide bonds. The number of rotatable bonds is 10. The molecule has 0 spiro atoms. The van der Waals surface area contributed by atoms with Crippen molar-refractivity contribution in [1.29, 1.82) is 0 Å². The molecule has 1 N–H and O–H groups in total. The highest BCUT2D eigenvalue weighted by Gasteiger charge is 2.12. The van der Waals surface area contributed by atoms with E-state index in [0.717, 1.165) is 21.5 Å². The lowest BCUT2D eigenvalue weighted by molar-refractivity contribution is -0.119. The topological polar surface area (TPSA) is 69.7 Å². The molecule has 1 heterocycles. The maximum atomic E-state index is 11.8. The van der Waals surface area contributed by atoms with Gasteiger partial charge in [0.1, 0.15) is 19.0 Å². The SMILES string of the molecule is C/C=C\S/C(=C\C)c1cc(OCCOC)c2cc(NC(=O)COC)ccc2n1. The van der Waals surface area contributed by atoms with Gasteiger partial charge in [-0.1, -0.05) is 23.9 Å². The number of hydrogen-bond donors (Lipinski definition) is 1. The summed E-state index contributed by atoms with van der Waals surface area (Å²) in [6, 6.07) is 7.47. The van der Waals surface area contributed by atoms with Crippen LogP contribution in [0.3, 0.4) is 0 Å². The van der Waals surface area contributed by atoms with Gasteiger partial charge in [0.25, 0.3) is 0 Å². The van der Waals surface area contributed by atoms with Crippen LogP contribution in [0.1, 0.15) is 19.5 Å². The van der Waals surface area contributed by atoms with Crippen LogP contribution in [0.15, 0.2) is 41.8 Å². The van der Waals surface area contributed by atoms with E-state index in [1.807, 2.05) is 55.7 Å². The summed E-state index contributed by atoms with van der Waals surface area (Å²) >= 11 is 1.60. The van der Waals surface area contributed by atoms with E-state index in [0.29, 0.717) is 24.7 Å². The molecule has 0 aliphatic rings. The summed E-state index contributed by atoms with van der Waals surface area (Å²) in [7, 11) is 3.12. The molecule has 1 aromatic carbocycles. The van der Waals surface area contributed by atoms with E-state index >= 15 is 0 Å². The normalized spacial score (nSPS) is 11.9. The first-order valence-electron chi connectivity index (χ1n) is 8.92. The maximum absolute atomic E-state index is 11.8. The highest BCUT2D eigenvalue weighted by molar-refractivity contribution is 8.10. The second kappa shape index (κ2) is 11.5. The zero-order chi connectivity index (χ0) is 20.4. The van der Waals surface area contributed by atoms with Gasteiger partial charge in [-0.05, 0) is 37.5 Å². The van der Waals surface area contributed by atoms with E-state index in [2.05, 4.69) is 5.32 Å². The molecule has 7 heteroatoms. The maximum Gasteiger partial charge on any atom is 0.250 e. The number of amides is 1. The average molecular weight is 403 g/mol. The minimum Gasteiger partial charge on any atom is -0.490 e. The van der Waals surface area contributed by atoms with Crippen LogP contribution in [0, 0.1) is 0 Å². The lowest BCUT2D eigenvalue weighted by Gasteiger charge is -2.13. The van der Waals surface area contributed by atoms with Crippen molar-refractivity contribution in [1.82, 2.24) is 4.98 Å². The highest BCUT2D eigenvalue weighted by atomic mass is 32.2. The third kappa shape index (κ3) is 6.09. The number of nitrogens with one attached hydrogen (secondary N) is 1. The fourth-order valence-corrected chi connectivity index (χ4v) is 3.14. The Morgan fingerprint density at radius 2 is 2.00 bits per heavy atom. The summed E-state index contributed by atoms with van der Waals surface area (Å²) in [6.45, 7) is 4.86. The smallest absolute Gasteiger partial charge is 0.250 e. The van der Waals surface area contributed by atoms with E-state index in [9.17, 15) is 4.79 Å². The molecule has 0 aliphatic carbocycles. The van der Waals surface area contributed by atoms with Gasteiger partial charge in [0.2, 0.25) is 5.91 Å². The Kier molecular flexibility index (Phi) is 9.00. The molecule has 0 atom stereocenters. The molecule has 2 rings (SSSR count). The molecule has 28 heavy (non-hydrogen) atoms. The largest absolute Gasteiger partial charge is 0.490 e. The summed E-state index contributed by atoms with van der Waals surface area (Å²) in [5.74, 6) is 0.479. The summed E-state index contributed by atoms with van der Waals surface area (Å²) in [4.78, 5) is 17.6. The van der Waals surface area contributed by atoms with Crippen LogP contribution in [0.2, 0.25) is 0 Å². The Bertz CT molecular complexity index is 865. The van der Waals surface area contributed by atoms with E-state index in [1.165, 1.54) is 7.11 Å². The zero-order valence-corrected chi connectivity index (χ0v) is 17.5. The van der Waals surface area contributed by atoms with Gasteiger partial charge in [-0.15, -0.1) is 0 Å². The Morgan fingerprint density at radius 1 is 1.18 bits per heavy atom. The molecular weight excluding hydrogens is 376 g/mol. The van der Waals surface area contributed by atoms with E-state index in [4.69, 9.17) is 19.2 Å². The quantitative estimate of drug-likeness (QED) is 0.591. The first-order valence-corrected chi connectivity index (χ1v) is 9.80. The monoisotopic (exact) mass is 402 g/mol. The predicted molar refractivity (Wildman–Crippen MR) is 116 cm³/mol. The lowest BCUT2D eigenvalue weighted by Crippen LogP contribution is -2.17. The second-order valence-electron chi connectivity index (χ2n) is 5.80. The summed E-state index contributed by atoms with van der Waals surface area (Å²) in [6.07, 6.45) is 4.01. The summed E-state index contributed by atoms with van der Waals surface area (Å²) in [5.41, 5.74) is 2.28. The number of carbonyl (C=O) groups excluding carboxylic acids is 1. The molecule has 150 valence electrons. The van der Waals surface area contributed by atoms with E-state index in [1.54, 1.807) is 18.9 Å². The standard InChI is InChI=1S/C21H26N2O4S/c1-5-11-28-20(6-2)18-13-19(27-10-9-25-3)16-12-15(7-8-17(16)23-18)22-21(24)14-26-4/h5-8,11-13H,9-10,14H2,1-4H3,(H,22,24)/b11-5-,20-6-. The first-order chi connectivity index (χ1) is 13.6. The molecule has 6 nitrogen and oxygen atoms in total. The van der Waals surface area contributed by atoms with Crippen molar-refractivity contribution in [3.63, 3.8) is 0 Å². The van der Waals surface area contributed by atoms with E-state index < -0.39 is 0 Å². The number of nitrogens with zero attached hydrogens (tertiary/aromatic N) is 1. The Balaban J connectivity index is 2.45. The number of benzene rings is 1. The molecule has 0 saturated carbocycles. The number of carbonyl (C=O) groups is 1. The van der Waals surface area contributed by atoms with Gasteiger partial charge in [-0.2, -0.15) is 0 Å². The van der Waals surface area contributed by atoms with E-state index in [-0.39, 0.29) is 12.5 Å². The van der Waals surface area contributed by atoms with Crippen LogP contribution in [-0.2, 0) is 14.3 Å². The average Bonchev–Trinajstić information content (AvgIpc) is 2.69. The Labute approximate surface area is 170 Å². The van der Waals surface area contributed by atoms with Gasteiger partial charge >= 0.3 is 0 Å². The van der Waals surface area contributed by atoms with Gasteiger partial charge < -0.3 is 19.5 Å². The van der Waals surface area contributed by atoms with Gasteiger partial charge in [0.05, 0.1) is 17.8 Å². The fraction of sp³-hybridized carbons (Fsp3) is 0.333. The van der Waals surface area contributed by atoms with Crippen LogP contribution < -0.4 is 10.1 Å². The highest BCUT2D eigenvalue weighted by Crippen LogP contribution is 2.34. The van der Waals surface area contributed by atoms with Gasteiger partial charge in [-0.3, -0.25) is 4.79 Å². The van der Waals surface area contributed by atoms with Crippen molar-refractivity contribution in [3.8, 4) is 5.75 Å². The molecule has 2 aromatic rings. The van der Waals surface area contributed by atoms with Crippen LogP contribution in [0.25, 0.3) is 15.8 Å². The second-order valence-corrected chi connectivity index (χ2v) is 6.75. The Morgan fingerprint density at radius 3 is 2.68 bits per heavy atom. The molecule has 0 aliphatic heterocycles. The number of allylic oxidation sites excluding steroid dienone is 2. The number of fused-ring (bicyclic) bond motifs is 1. The number of thioether (sulfide) groups is 1. The first kappa shape index (κ1) is 21.9. The van der Waals surface area contributed by atoms with Gasteiger partial charge in [0.15, 0.2) is 0 Å². The number of pyridine rings is 1. The predicted octanol–water partition coefficient (Wildman–Crippen LogP) is 4.47. The van der Waals surface area contributed by atoms with Crippen molar-refractivity contribution < 1.29 is 19.0 Å². The number of hydrogen-bond acceptors (Lipinski definition) is 6. The molecule has 0 fully saturated rings. The number of aromatic nitrogens is 1. The van der Waals surface area contributed by atoms with Crippen LogP contribution in [-0.4, -0.2) is 44.9 Å². The third-order valence-corrected chi connectivity index (χ3v) is 4.83. The third-order valence-electron chi connectivity index (χ3n) is 3.72. The molecule has 1 aromatic heterocycles. The van der Waals surface area contributed by atoms with Crippen molar-refractivity contribution in [3.05, 3.63) is 47.5 Å². The van der Waals surface area contributed by atoms with Gasteiger partial charge in [0, 0.05) is 36.3 Å². The van der Waals surface area contributed by atoms with Crippen molar-refractivity contribution in [2.75, 3.05) is 39.4 Å². The van der Waals surface area contributed by atoms with Crippen molar-refractivity contribution in [2.24, 2.45) is 0 Å². The molecule has 0 saturated heterocycles. The summed E-state index contributed by atoms with van der Waals surface area (Å²) in [5, 5.41) is 5.65. The summed E-state index contributed by atoms with van der Waals surface area (Å²) < 4.78 is 15.9. The molecule has 0 bridgehead atoms. The van der Waals surface area contributed by atoms with Gasteiger partial charge in [-0.25, -0.2) is 4.98 Å². The minimum atomic E-state index is -0.216. The fourth-order valence-electron chi connectivity index (χ4n) is 2.50. The number of ether oxygens (including phenoxy) is 3. The van der Waals surface area contributed by atoms with Crippen LogP contribution in [0.4, 0.5) is 5.69 Å². The molecular formula is C21H26N2O4S. The molecule has 0 unspecified atom stereocenters. The number of anilines is 1.